The molecule has 2 amide bonds. The molecule has 1 fully saturated rings. The highest BCUT2D eigenvalue weighted by Gasteiger charge is 2.48. The normalized spacial score (nSPS) is 20.2. The second kappa shape index (κ2) is 11.1. The third-order valence-electron chi connectivity index (χ3n) is 8.38. The van der Waals surface area contributed by atoms with Crippen molar-refractivity contribution in [2.75, 3.05) is 11.4 Å². The minimum atomic E-state index is -4.70. The Morgan fingerprint density at radius 2 is 1.86 bits per heavy atom. The highest BCUT2D eigenvalue weighted by Crippen LogP contribution is 2.45. The first kappa shape index (κ1) is 29.9. The third kappa shape index (κ3) is 5.14. The molecule has 9 nitrogen and oxygen atoms in total. The molecule has 0 N–H and O–H groups in total. The molecule has 0 aliphatic carbocycles. The number of carbonyl (C=O) groups excluding carboxylic acids is 2. The Labute approximate surface area is 257 Å². The Morgan fingerprint density at radius 1 is 1.14 bits per heavy atom. The molecule has 0 saturated carbocycles. The van der Waals surface area contributed by atoms with Crippen LogP contribution in [0.5, 0.6) is 0 Å². The molecule has 44 heavy (non-hydrogen) atoms. The number of hydrogen-bond acceptors (Lipinski definition) is 5. The predicted octanol–water partition coefficient (Wildman–Crippen LogP) is 6.32. The fraction of sp³-hybridized carbons (Fsp3) is 0.387. The maximum Gasteiger partial charge on any atom is 0.417 e. The van der Waals surface area contributed by atoms with E-state index in [2.05, 4.69) is 24.0 Å². The van der Waals surface area contributed by atoms with Gasteiger partial charge in [0.15, 0.2) is 5.82 Å². The fourth-order valence-corrected chi connectivity index (χ4v) is 6.51. The van der Waals surface area contributed by atoms with Gasteiger partial charge in [0.2, 0.25) is 5.91 Å². The fourth-order valence-electron chi connectivity index (χ4n) is 6.29. The number of likely N-dealkylation sites (tertiary alicyclic amines) is 1. The maximum absolute atomic E-state index is 14.3. The van der Waals surface area contributed by atoms with Gasteiger partial charge in [-0.1, -0.05) is 25.4 Å². The Bertz CT molecular complexity index is 1730. The molecule has 2 aliphatic rings. The first-order valence-electron chi connectivity index (χ1n) is 14.4. The van der Waals surface area contributed by atoms with E-state index in [9.17, 15) is 22.8 Å². The van der Waals surface area contributed by atoms with Crippen molar-refractivity contribution in [3.8, 4) is 11.4 Å². The van der Waals surface area contributed by atoms with Crippen LogP contribution < -0.4 is 4.90 Å². The number of benzene rings is 2. The quantitative estimate of drug-likeness (QED) is 0.259. The van der Waals surface area contributed by atoms with Gasteiger partial charge in [-0.15, -0.1) is 10.2 Å². The van der Waals surface area contributed by atoms with Crippen molar-refractivity contribution in [2.24, 2.45) is 18.9 Å². The van der Waals surface area contributed by atoms with Gasteiger partial charge in [-0.3, -0.25) is 14.5 Å². The van der Waals surface area contributed by atoms with Crippen LogP contribution >= 0.6 is 11.6 Å². The van der Waals surface area contributed by atoms with Gasteiger partial charge in [0.1, 0.15) is 12.1 Å². The molecule has 230 valence electrons. The topological polar surface area (TPSA) is 89.2 Å². The van der Waals surface area contributed by atoms with Crippen molar-refractivity contribution in [2.45, 2.75) is 51.9 Å². The summed E-state index contributed by atoms with van der Waals surface area (Å²) in [7, 11) is 1.86. The number of carbonyl (C=O) groups is 2. The molecule has 13 heteroatoms. The van der Waals surface area contributed by atoms with Crippen LogP contribution in [0, 0.1) is 11.8 Å². The van der Waals surface area contributed by atoms with Crippen molar-refractivity contribution in [3.05, 3.63) is 76.7 Å². The van der Waals surface area contributed by atoms with Gasteiger partial charge in [-0.05, 0) is 68.1 Å². The summed E-state index contributed by atoms with van der Waals surface area (Å²) in [5.41, 5.74) is 1.25. The molecule has 6 rings (SSSR count). The minimum Gasteiger partial charge on any atom is -0.334 e. The van der Waals surface area contributed by atoms with Gasteiger partial charge in [0, 0.05) is 36.3 Å². The van der Waals surface area contributed by atoms with Crippen LogP contribution in [0.2, 0.25) is 5.02 Å². The number of hydrogen-bond donors (Lipinski definition) is 0. The van der Waals surface area contributed by atoms with E-state index < -0.39 is 40.7 Å². The molecule has 0 radical (unpaired) electrons. The van der Waals surface area contributed by atoms with Crippen LogP contribution in [-0.4, -0.2) is 53.8 Å². The van der Waals surface area contributed by atoms with Crippen LogP contribution in [0.4, 0.5) is 24.7 Å². The Balaban J connectivity index is 1.37. The van der Waals surface area contributed by atoms with Gasteiger partial charge < -0.3 is 9.47 Å². The zero-order chi connectivity index (χ0) is 31.5. The molecular weight excluding hydrogens is 595 g/mol. The van der Waals surface area contributed by atoms with Crippen LogP contribution in [0.25, 0.3) is 11.4 Å². The van der Waals surface area contributed by atoms with Gasteiger partial charge in [0.25, 0.3) is 5.91 Å². The smallest absolute Gasteiger partial charge is 0.334 e. The summed E-state index contributed by atoms with van der Waals surface area (Å²) in [6.07, 6.45) is -0.313. The van der Waals surface area contributed by atoms with Crippen molar-refractivity contribution in [1.82, 2.24) is 29.4 Å². The second-order valence-electron chi connectivity index (χ2n) is 11.9. The molecule has 0 bridgehead atoms. The highest BCUT2D eigenvalue weighted by atomic mass is 35.5. The van der Waals surface area contributed by atoms with Gasteiger partial charge >= 0.3 is 6.18 Å². The molecule has 3 atom stereocenters. The Hall–Kier alpha value is -4.19. The van der Waals surface area contributed by atoms with Gasteiger partial charge in [-0.2, -0.15) is 18.3 Å². The van der Waals surface area contributed by atoms with Crippen molar-refractivity contribution < 1.29 is 22.8 Å². The second-order valence-corrected chi connectivity index (χ2v) is 12.3. The Kier molecular flexibility index (Phi) is 7.51. The lowest BCUT2D eigenvalue weighted by atomic mass is 9.84. The van der Waals surface area contributed by atoms with Crippen molar-refractivity contribution in [3.63, 3.8) is 0 Å². The SMILES string of the molecule is CC(C)Cc1cnn2c1N(c1ccc(-c3nncn3C)cc1)C(=O)C1C[C@@H](C)N(C(=O)c3ccc(Cl)c(C(F)(F)F)c3)CC12. The average Bonchev–Trinajstić information content (AvgIpc) is 3.58. The van der Waals surface area contributed by atoms with Crippen LogP contribution in [-0.2, 0) is 24.4 Å². The molecule has 4 aromatic rings. The van der Waals surface area contributed by atoms with Crippen LogP contribution in [0.1, 0.15) is 54.7 Å². The first-order valence-corrected chi connectivity index (χ1v) is 14.8. The lowest BCUT2D eigenvalue weighted by Crippen LogP contribution is -2.56. The summed E-state index contributed by atoms with van der Waals surface area (Å²) >= 11 is 5.80. The van der Waals surface area contributed by atoms with E-state index in [0.717, 1.165) is 23.3 Å². The van der Waals surface area contributed by atoms with Crippen molar-refractivity contribution in [1.29, 1.82) is 0 Å². The number of anilines is 2. The molecule has 4 heterocycles. The summed E-state index contributed by atoms with van der Waals surface area (Å²) in [5.74, 6) is 0.467. The molecule has 2 unspecified atom stereocenters. The highest BCUT2D eigenvalue weighted by molar-refractivity contribution is 6.31. The summed E-state index contributed by atoms with van der Waals surface area (Å²) in [4.78, 5) is 31.2. The van der Waals surface area contributed by atoms with Crippen LogP contribution in [0.3, 0.4) is 0 Å². The standard InChI is InChI=1S/C31H31ClF3N7O2/c1-17(2)11-21-14-37-42-26-15-40(29(43)20-7-10-25(32)24(13-20)31(33,34)35)18(3)12-23(26)30(44)41(28(21)42)22-8-5-19(6-9-22)27-38-36-16-39(27)4/h5-10,13-14,16-18,23,26H,11-12,15H2,1-4H3/t18-,23?,26?/m1/s1. The predicted molar refractivity (Wildman–Crippen MR) is 158 cm³/mol. The number of rotatable bonds is 5. The first-order chi connectivity index (χ1) is 20.8. The average molecular weight is 626 g/mol. The molecule has 0 spiro atoms. The number of alkyl halides is 3. The molecule has 2 aromatic carbocycles. The number of aromatic nitrogens is 5. The van der Waals surface area contributed by atoms with E-state index in [0.29, 0.717) is 30.2 Å². The van der Waals surface area contributed by atoms with Crippen LogP contribution in [0.15, 0.2) is 55.0 Å². The largest absolute Gasteiger partial charge is 0.417 e. The number of aryl methyl sites for hydroxylation is 1. The van der Waals surface area contributed by atoms with Gasteiger partial charge in [-0.25, -0.2) is 4.68 Å². The van der Waals surface area contributed by atoms with E-state index in [1.807, 2.05) is 47.5 Å². The minimum absolute atomic E-state index is 0.107. The number of halogens is 4. The van der Waals surface area contributed by atoms with E-state index in [1.54, 1.807) is 17.4 Å². The molecule has 2 aliphatic heterocycles. The summed E-state index contributed by atoms with van der Waals surface area (Å²) in [5, 5.41) is 12.4. The number of amides is 2. The monoisotopic (exact) mass is 625 g/mol. The van der Waals surface area contributed by atoms with Gasteiger partial charge in [0.05, 0.1) is 34.4 Å². The zero-order valence-electron chi connectivity index (χ0n) is 24.6. The summed E-state index contributed by atoms with van der Waals surface area (Å²) < 4.78 is 44.3. The lowest BCUT2D eigenvalue weighted by molar-refractivity contribution is -0.137. The summed E-state index contributed by atoms with van der Waals surface area (Å²) in [6, 6.07) is 9.83. The van der Waals surface area contributed by atoms with Crippen molar-refractivity contribution >= 4 is 34.9 Å². The summed E-state index contributed by atoms with van der Waals surface area (Å²) in [6.45, 7) is 6.10. The molecule has 2 aromatic heterocycles. The maximum atomic E-state index is 14.3. The van der Waals surface area contributed by atoms with E-state index >= 15 is 0 Å². The van der Waals surface area contributed by atoms with E-state index in [1.165, 1.54) is 11.0 Å². The molecule has 1 saturated heterocycles. The zero-order valence-corrected chi connectivity index (χ0v) is 25.3. The third-order valence-corrected chi connectivity index (χ3v) is 8.71. The Morgan fingerprint density at radius 3 is 2.50 bits per heavy atom. The van der Waals surface area contributed by atoms with E-state index in [-0.39, 0.29) is 23.9 Å². The number of nitrogens with zero attached hydrogens (tertiary/aromatic N) is 7. The number of fused-ring (bicyclic) bond motifs is 3. The van der Waals surface area contributed by atoms with E-state index in [4.69, 9.17) is 16.7 Å². The number of piperidine rings is 1. The molecular formula is C31H31ClF3N7O2. The lowest BCUT2D eigenvalue weighted by Gasteiger charge is -2.47.